The molecule has 0 nitrogen and oxygen atoms in total. The van der Waals surface area contributed by atoms with Gasteiger partial charge in [0.2, 0.25) is 0 Å². The second-order valence-electron chi connectivity index (χ2n) is 8.25. The Labute approximate surface area is 159 Å². The molecular weight excluding hydrogens is 324 g/mol. The van der Waals surface area contributed by atoms with E-state index in [1.54, 1.807) is 0 Å². The maximum absolute atomic E-state index is 2.41. The minimum atomic E-state index is -0.0488. The van der Waals surface area contributed by atoms with Crippen LogP contribution in [0.25, 0.3) is 43.4 Å². The van der Waals surface area contributed by atoms with Crippen LogP contribution in [-0.2, 0) is 5.41 Å². The van der Waals surface area contributed by atoms with Crippen LogP contribution in [0.2, 0.25) is 0 Å². The number of benzene rings is 5. The number of hydrogen-bond acceptors (Lipinski definition) is 0. The zero-order chi connectivity index (χ0) is 18.2. The van der Waals surface area contributed by atoms with Crippen molar-refractivity contribution in [2.75, 3.05) is 0 Å². The molecule has 0 unspecified atom stereocenters. The lowest BCUT2D eigenvalue weighted by atomic mass is 9.66. The molecule has 0 spiro atoms. The van der Waals surface area contributed by atoms with E-state index in [2.05, 4.69) is 98.8 Å². The van der Waals surface area contributed by atoms with Gasteiger partial charge in [0.05, 0.1) is 0 Å². The molecule has 0 radical (unpaired) electrons. The zero-order valence-corrected chi connectivity index (χ0v) is 15.6. The summed E-state index contributed by atoms with van der Waals surface area (Å²) in [6.45, 7) is 4.77. The maximum atomic E-state index is 2.41. The van der Waals surface area contributed by atoms with E-state index >= 15 is 0 Å². The summed E-state index contributed by atoms with van der Waals surface area (Å²) < 4.78 is 0. The molecule has 0 aliphatic heterocycles. The Morgan fingerprint density at radius 2 is 1.22 bits per heavy atom. The first-order chi connectivity index (χ1) is 13.1. The van der Waals surface area contributed by atoms with Crippen LogP contribution in [0.3, 0.4) is 0 Å². The van der Waals surface area contributed by atoms with E-state index in [-0.39, 0.29) is 5.41 Å². The standard InChI is InChI=1S/C27H20/c1-27(2)24-16-18-9-4-3-8-17(18)15-23(24)22-13-7-11-20-14-19-10-5-6-12-21(19)26(27)25(20)22/h3-16H,1-2H3. The van der Waals surface area contributed by atoms with Crippen molar-refractivity contribution < 1.29 is 0 Å². The van der Waals surface area contributed by atoms with Gasteiger partial charge in [-0.1, -0.05) is 80.6 Å². The van der Waals surface area contributed by atoms with Gasteiger partial charge in [-0.15, -0.1) is 0 Å². The lowest BCUT2D eigenvalue weighted by Gasteiger charge is -2.36. The second-order valence-corrected chi connectivity index (χ2v) is 8.25. The molecule has 0 aromatic heterocycles. The average Bonchev–Trinajstić information content (AvgIpc) is 2.69. The van der Waals surface area contributed by atoms with Crippen molar-refractivity contribution in [3.63, 3.8) is 0 Å². The van der Waals surface area contributed by atoms with E-state index in [1.165, 1.54) is 54.6 Å². The van der Waals surface area contributed by atoms with Crippen LogP contribution in [0.5, 0.6) is 0 Å². The normalized spacial score (nSPS) is 14.6. The fourth-order valence-electron chi connectivity index (χ4n) is 5.11. The Balaban J connectivity index is 1.89. The lowest BCUT2D eigenvalue weighted by molar-refractivity contribution is 0.652. The quantitative estimate of drug-likeness (QED) is 0.256. The van der Waals surface area contributed by atoms with Gasteiger partial charge in [0.25, 0.3) is 0 Å². The van der Waals surface area contributed by atoms with Gasteiger partial charge in [-0.2, -0.15) is 0 Å². The van der Waals surface area contributed by atoms with Crippen LogP contribution in [0.15, 0.2) is 84.9 Å². The maximum Gasteiger partial charge on any atom is 0.0165 e. The molecule has 1 aliphatic carbocycles. The Bertz CT molecular complexity index is 1390. The molecule has 6 rings (SSSR count). The number of hydrogen-bond donors (Lipinski definition) is 0. The fraction of sp³-hybridized carbons (Fsp3) is 0.111. The first-order valence-electron chi connectivity index (χ1n) is 9.63. The molecule has 1 aliphatic rings. The van der Waals surface area contributed by atoms with Crippen molar-refractivity contribution in [3.8, 4) is 11.1 Å². The highest BCUT2D eigenvalue weighted by Gasteiger charge is 2.35. The van der Waals surface area contributed by atoms with Gasteiger partial charge in [0.15, 0.2) is 0 Å². The summed E-state index contributed by atoms with van der Waals surface area (Å²) in [6.07, 6.45) is 0. The van der Waals surface area contributed by atoms with E-state index in [0.29, 0.717) is 0 Å². The lowest BCUT2D eigenvalue weighted by Crippen LogP contribution is -2.24. The summed E-state index contributed by atoms with van der Waals surface area (Å²) in [4.78, 5) is 0. The Morgan fingerprint density at radius 3 is 2.04 bits per heavy atom. The van der Waals surface area contributed by atoms with E-state index in [4.69, 9.17) is 0 Å². The molecule has 128 valence electrons. The number of fused-ring (bicyclic) bond motifs is 5. The van der Waals surface area contributed by atoms with Gasteiger partial charge in [0, 0.05) is 5.41 Å². The molecule has 0 saturated heterocycles. The summed E-state index contributed by atoms with van der Waals surface area (Å²) in [5, 5.41) is 8.10. The first kappa shape index (κ1) is 15.0. The summed E-state index contributed by atoms with van der Waals surface area (Å²) in [5.74, 6) is 0. The van der Waals surface area contributed by atoms with Crippen LogP contribution < -0.4 is 0 Å². The molecule has 0 saturated carbocycles. The monoisotopic (exact) mass is 344 g/mol. The van der Waals surface area contributed by atoms with Crippen molar-refractivity contribution in [1.82, 2.24) is 0 Å². The van der Waals surface area contributed by atoms with Crippen LogP contribution in [0.1, 0.15) is 25.0 Å². The van der Waals surface area contributed by atoms with Gasteiger partial charge in [0.1, 0.15) is 0 Å². The van der Waals surface area contributed by atoms with Crippen molar-refractivity contribution >= 4 is 32.3 Å². The van der Waals surface area contributed by atoms with Gasteiger partial charge in [-0.25, -0.2) is 0 Å². The largest absolute Gasteiger partial charge is 0.0616 e. The van der Waals surface area contributed by atoms with E-state index < -0.39 is 0 Å². The highest BCUT2D eigenvalue weighted by atomic mass is 14.4. The molecule has 0 N–H and O–H groups in total. The summed E-state index contributed by atoms with van der Waals surface area (Å²) in [5.41, 5.74) is 5.60. The molecule has 0 heterocycles. The first-order valence-corrected chi connectivity index (χ1v) is 9.63. The van der Waals surface area contributed by atoms with E-state index in [9.17, 15) is 0 Å². The van der Waals surface area contributed by atoms with E-state index in [1.807, 2.05) is 0 Å². The average molecular weight is 344 g/mol. The third kappa shape index (κ3) is 1.88. The molecule has 0 amide bonds. The summed E-state index contributed by atoms with van der Waals surface area (Å²) >= 11 is 0. The molecule has 0 fully saturated rings. The smallest absolute Gasteiger partial charge is 0.0165 e. The minimum absolute atomic E-state index is 0.0488. The van der Waals surface area contributed by atoms with Crippen LogP contribution in [0, 0.1) is 0 Å². The van der Waals surface area contributed by atoms with Crippen LogP contribution in [-0.4, -0.2) is 0 Å². The Kier molecular flexibility index (Phi) is 2.77. The molecule has 5 aromatic rings. The predicted molar refractivity (Wildman–Crippen MR) is 117 cm³/mol. The molecule has 0 heteroatoms. The van der Waals surface area contributed by atoms with Gasteiger partial charge in [-0.05, 0) is 72.8 Å². The molecule has 0 atom stereocenters. The van der Waals surface area contributed by atoms with Crippen molar-refractivity contribution in [3.05, 3.63) is 96.1 Å². The molecule has 0 bridgehead atoms. The van der Waals surface area contributed by atoms with Crippen molar-refractivity contribution in [2.24, 2.45) is 0 Å². The Morgan fingerprint density at radius 1 is 0.556 bits per heavy atom. The van der Waals surface area contributed by atoms with Gasteiger partial charge >= 0.3 is 0 Å². The van der Waals surface area contributed by atoms with Crippen molar-refractivity contribution in [1.29, 1.82) is 0 Å². The summed E-state index contributed by atoms with van der Waals surface area (Å²) in [7, 11) is 0. The minimum Gasteiger partial charge on any atom is -0.0616 e. The predicted octanol–water partition coefficient (Wildman–Crippen LogP) is 7.45. The van der Waals surface area contributed by atoms with E-state index in [0.717, 1.165) is 0 Å². The highest BCUT2D eigenvalue weighted by Crippen LogP contribution is 2.51. The third-order valence-electron chi connectivity index (χ3n) is 6.36. The zero-order valence-electron chi connectivity index (χ0n) is 15.6. The molecule has 27 heavy (non-hydrogen) atoms. The SMILES string of the molecule is CC1(C)c2cc3ccccc3cc2-c2cccc3cc4ccccc4c1c23. The van der Waals surface area contributed by atoms with Gasteiger partial charge in [-0.3, -0.25) is 0 Å². The number of rotatable bonds is 0. The Hall–Kier alpha value is -3.12. The topological polar surface area (TPSA) is 0 Å². The highest BCUT2D eigenvalue weighted by molar-refractivity contribution is 6.12. The van der Waals surface area contributed by atoms with Crippen LogP contribution >= 0.6 is 0 Å². The van der Waals surface area contributed by atoms with Crippen LogP contribution in [0.4, 0.5) is 0 Å². The molecular formula is C27H20. The second kappa shape index (κ2) is 4.98. The summed E-state index contributed by atoms with van der Waals surface area (Å²) in [6, 6.07) is 31.4. The van der Waals surface area contributed by atoms with Gasteiger partial charge < -0.3 is 0 Å². The third-order valence-corrected chi connectivity index (χ3v) is 6.36. The molecule has 5 aromatic carbocycles. The fourth-order valence-corrected chi connectivity index (χ4v) is 5.11. The van der Waals surface area contributed by atoms with Crippen molar-refractivity contribution in [2.45, 2.75) is 19.3 Å².